The Bertz CT molecular complexity index is 312. The molecule has 0 heterocycles. The van der Waals surface area contributed by atoms with Gasteiger partial charge in [-0.05, 0) is 30.5 Å². The molecule has 1 aromatic rings. The third-order valence-corrected chi connectivity index (χ3v) is 2.60. The van der Waals surface area contributed by atoms with Crippen LogP contribution in [0.2, 0.25) is 0 Å². The lowest BCUT2D eigenvalue weighted by Gasteiger charge is -2.15. The van der Waals surface area contributed by atoms with Crippen molar-refractivity contribution in [1.29, 1.82) is 0 Å². The Morgan fingerprint density at radius 3 is 2.64 bits per heavy atom. The monoisotopic (exact) mass is 257 g/mol. The Balaban J connectivity index is 2.88. The fourth-order valence-corrected chi connectivity index (χ4v) is 1.79. The van der Waals surface area contributed by atoms with Gasteiger partial charge in [0.15, 0.2) is 0 Å². The van der Waals surface area contributed by atoms with Gasteiger partial charge in [0, 0.05) is 15.7 Å². The van der Waals surface area contributed by atoms with Gasteiger partial charge < -0.3 is 10.8 Å². The number of halogens is 1. The van der Waals surface area contributed by atoms with Gasteiger partial charge in [0.05, 0.1) is 6.10 Å². The molecule has 0 saturated carbocycles. The molecule has 78 valence electrons. The van der Waals surface area contributed by atoms with Gasteiger partial charge in [0.2, 0.25) is 0 Å². The molecule has 0 amide bonds. The second kappa shape index (κ2) is 4.80. The lowest BCUT2D eigenvalue weighted by atomic mass is 9.98. The van der Waals surface area contributed by atoms with Crippen LogP contribution in [0.15, 0.2) is 22.7 Å². The van der Waals surface area contributed by atoms with Gasteiger partial charge >= 0.3 is 0 Å². The summed E-state index contributed by atoms with van der Waals surface area (Å²) in [5.74, 6) is 0.461. The van der Waals surface area contributed by atoms with Crippen LogP contribution in [0.3, 0.4) is 0 Å². The maximum atomic E-state index is 9.90. The minimum Gasteiger partial charge on any atom is -0.398 e. The minimum atomic E-state index is -0.465. The van der Waals surface area contributed by atoms with Gasteiger partial charge in [-0.2, -0.15) is 0 Å². The summed E-state index contributed by atoms with van der Waals surface area (Å²) >= 11 is 3.36. The highest BCUT2D eigenvalue weighted by atomic mass is 79.9. The zero-order valence-electron chi connectivity index (χ0n) is 8.50. The first-order valence-electron chi connectivity index (χ1n) is 4.73. The molecule has 3 N–H and O–H groups in total. The van der Waals surface area contributed by atoms with E-state index in [1.54, 1.807) is 0 Å². The number of rotatable bonds is 3. The molecule has 0 aromatic heterocycles. The lowest BCUT2D eigenvalue weighted by molar-refractivity contribution is 0.151. The van der Waals surface area contributed by atoms with Crippen molar-refractivity contribution in [2.45, 2.75) is 26.4 Å². The molecule has 0 aliphatic heterocycles. The van der Waals surface area contributed by atoms with E-state index in [4.69, 9.17) is 5.73 Å². The van der Waals surface area contributed by atoms with Crippen molar-refractivity contribution in [3.63, 3.8) is 0 Å². The van der Waals surface area contributed by atoms with Crippen molar-refractivity contribution in [2.75, 3.05) is 5.73 Å². The zero-order chi connectivity index (χ0) is 10.7. The Kier molecular flexibility index (Phi) is 3.96. The van der Waals surface area contributed by atoms with E-state index in [1.165, 1.54) is 0 Å². The fraction of sp³-hybridized carbons (Fsp3) is 0.455. The first kappa shape index (κ1) is 11.5. The van der Waals surface area contributed by atoms with E-state index >= 15 is 0 Å². The molecule has 0 aliphatic carbocycles. The average Bonchev–Trinajstić information content (AvgIpc) is 2.08. The van der Waals surface area contributed by atoms with Crippen LogP contribution < -0.4 is 5.73 Å². The zero-order valence-corrected chi connectivity index (χ0v) is 10.1. The molecule has 3 heteroatoms. The van der Waals surface area contributed by atoms with Crippen LogP contribution in [0.4, 0.5) is 5.69 Å². The van der Waals surface area contributed by atoms with Gasteiger partial charge in [0.25, 0.3) is 0 Å². The maximum absolute atomic E-state index is 9.90. The number of aliphatic hydroxyl groups is 1. The minimum absolute atomic E-state index is 0.461. The SMILES string of the molecule is CC(C)CC(O)c1cc(Br)ccc1N. The maximum Gasteiger partial charge on any atom is 0.0812 e. The third kappa shape index (κ3) is 3.00. The largest absolute Gasteiger partial charge is 0.398 e. The van der Waals surface area contributed by atoms with E-state index in [2.05, 4.69) is 29.8 Å². The normalized spacial score (nSPS) is 13.2. The summed E-state index contributed by atoms with van der Waals surface area (Å²) in [5, 5.41) is 9.90. The highest BCUT2D eigenvalue weighted by molar-refractivity contribution is 9.10. The Labute approximate surface area is 93.3 Å². The second-order valence-corrected chi connectivity index (χ2v) is 4.83. The molecule has 0 saturated heterocycles. The summed E-state index contributed by atoms with van der Waals surface area (Å²) in [7, 11) is 0. The molecule has 0 aliphatic rings. The molecule has 2 nitrogen and oxygen atoms in total. The smallest absolute Gasteiger partial charge is 0.0812 e. The van der Waals surface area contributed by atoms with Crippen molar-refractivity contribution < 1.29 is 5.11 Å². The second-order valence-electron chi connectivity index (χ2n) is 3.92. The number of hydrogen-bond acceptors (Lipinski definition) is 2. The first-order chi connectivity index (χ1) is 6.50. The van der Waals surface area contributed by atoms with Gasteiger partial charge in [0.1, 0.15) is 0 Å². The van der Waals surface area contributed by atoms with E-state index in [9.17, 15) is 5.11 Å². The molecule has 14 heavy (non-hydrogen) atoms. The molecule has 0 radical (unpaired) electrons. The van der Waals surface area contributed by atoms with E-state index in [0.717, 1.165) is 16.5 Å². The van der Waals surface area contributed by atoms with Crippen molar-refractivity contribution in [3.8, 4) is 0 Å². The third-order valence-electron chi connectivity index (χ3n) is 2.10. The van der Waals surface area contributed by atoms with Crippen molar-refractivity contribution in [1.82, 2.24) is 0 Å². The number of hydrogen-bond donors (Lipinski definition) is 2. The molecule has 1 rings (SSSR count). The molecule has 0 bridgehead atoms. The number of nitrogens with two attached hydrogens (primary N) is 1. The van der Waals surface area contributed by atoms with Gasteiger partial charge in [-0.15, -0.1) is 0 Å². The summed E-state index contributed by atoms with van der Waals surface area (Å²) in [6.45, 7) is 4.16. The number of anilines is 1. The van der Waals surface area contributed by atoms with Crippen LogP contribution in [0.25, 0.3) is 0 Å². The molecule has 1 unspecified atom stereocenters. The van der Waals surface area contributed by atoms with E-state index in [0.29, 0.717) is 11.6 Å². The van der Waals surface area contributed by atoms with Crippen LogP contribution in [0.1, 0.15) is 31.9 Å². The Morgan fingerprint density at radius 2 is 2.07 bits per heavy atom. The molecule has 1 atom stereocenters. The van der Waals surface area contributed by atoms with Gasteiger partial charge in [-0.3, -0.25) is 0 Å². The summed E-state index contributed by atoms with van der Waals surface area (Å²) in [6, 6.07) is 5.56. The fourth-order valence-electron chi connectivity index (χ4n) is 1.41. The summed E-state index contributed by atoms with van der Waals surface area (Å²) in [6.07, 6.45) is 0.271. The van der Waals surface area contributed by atoms with E-state index in [1.807, 2.05) is 18.2 Å². The predicted molar refractivity (Wildman–Crippen MR) is 63.0 cm³/mol. The van der Waals surface area contributed by atoms with E-state index in [-0.39, 0.29) is 0 Å². The highest BCUT2D eigenvalue weighted by Gasteiger charge is 2.12. The first-order valence-corrected chi connectivity index (χ1v) is 5.53. The van der Waals surface area contributed by atoms with Crippen molar-refractivity contribution in [2.24, 2.45) is 5.92 Å². The van der Waals surface area contributed by atoms with Gasteiger partial charge in [-0.25, -0.2) is 0 Å². The van der Waals surface area contributed by atoms with Crippen LogP contribution >= 0.6 is 15.9 Å². The standard InChI is InChI=1S/C11H16BrNO/c1-7(2)5-11(14)9-6-8(12)3-4-10(9)13/h3-4,6-7,11,14H,5,13H2,1-2H3. The average molecular weight is 258 g/mol. The molecule has 0 fully saturated rings. The van der Waals surface area contributed by atoms with Crippen molar-refractivity contribution in [3.05, 3.63) is 28.2 Å². The van der Waals surface area contributed by atoms with Crippen LogP contribution in [-0.4, -0.2) is 5.11 Å². The molecule has 1 aromatic carbocycles. The number of nitrogen functional groups attached to an aromatic ring is 1. The summed E-state index contributed by atoms with van der Waals surface area (Å²) in [5.41, 5.74) is 7.25. The molecular weight excluding hydrogens is 242 g/mol. The van der Waals surface area contributed by atoms with Crippen molar-refractivity contribution >= 4 is 21.6 Å². The summed E-state index contributed by atoms with van der Waals surface area (Å²) in [4.78, 5) is 0. The van der Waals surface area contributed by atoms with Crippen LogP contribution in [0.5, 0.6) is 0 Å². The molecule has 0 spiro atoms. The quantitative estimate of drug-likeness (QED) is 0.818. The predicted octanol–water partition coefficient (Wildman–Crippen LogP) is 3.11. The summed E-state index contributed by atoms with van der Waals surface area (Å²) < 4.78 is 0.949. The van der Waals surface area contributed by atoms with Crippen LogP contribution in [0, 0.1) is 5.92 Å². The highest BCUT2D eigenvalue weighted by Crippen LogP contribution is 2.28. The number of benzene rings is 1. The molecular formula is C11H16BrNO. The lowest BCUT2D eigenvalue weighted by Crippen LogP contribution is -2.05. The van der Waals surface area contributed by atoms with Crippen LogP contribution in [-0.2, 0) is 0 Å². The Hall–Kier alpha value is -0.540. The Morgan fingerprint density at radius 1 is 1.43 bits per heavy atom. The number of aliphatic hydroxyl groups excluding tert-OH is 1. The van der Waals surface area contributed by atoms with E-state index < -0.39 is 6.10 Å². The van der Waals surface area contributed by atoms with Gasteiger partial charge in [-0.1, -0.05) is 29.8 Å². The topological polar surface area (TPSA) is 46.2 Å².